The first-order valence-electron chi connectivity index (χ1n) is 7.02. The molecule has 0 radical (unpaired) electrons. The zero-order valence-corrected chi connectivity index (χ0v) is 11.1. The van der Waals surface area contributed by atoms with Crippen molar-refractivity contribution < 1.29 is 4.74 Å². The number of anilines is 2. The minimum atomic E-state index is 0.396. The number of nitrogen functional groups attached to an aromatic ring is 1. The third-order valence-electron chi connectivity index (χ3n) is 4.13. The number of fused-ring (bicyclic) bond motifs is 1. The Balaban J connectivity index is 1.77. The van der Waals surface area contributed by atoms with Crippen LogP contribution in [-0.2, 0) is 11.2 Å². The van der Waals surface area contributed by atoms with Crippen molar-refractivity contribution in [1.29, 1.82) is 0 Å². The van der Waals surface area contributed by atoms with Crippen LogP contribution in [0.15, 0.2) is 18.2 Å². The molecular weight excluding hydrogens is 224 g/mol. The second kappa shape index (κ2) is 4.81. The molecule has 2 aliphatic rings. The third-order valence-corrected chi connectivity index (χ3v) is 4.13. The van der Waals surface area contributed by atoms with Gasteiger partial charge in [0.15, 0.2) is 0 Å². The van der Waals surface area contributed by atoms with Gasteiger partial charge in [-0.05, 0) is 50.3 Å². The predicted molar refractivity (Wildman–Crippen MR) is 75.0 cm³/mol. The maximum absolute atomic E-state index is 6.08. The molecule has 98 valence electrons. The van der Waals surface area contributed by atoms with Crippen molar-refractivity contribution in [3.05, 3.63) is 23.8 Å². The van der Waals surface area contributed by atoms with Crippen LogP contribution >= 0.6 is 0 Å². The average molecular weight is 246 g/mol. The van der Waals surface area contributed by atoms with Crippen molar-refractivity contribution in [2.75, 3.05) is 23.7 Å². The fourth-order valence-electron chi connectivity index (χ4n) is 3.18. The SMILES string of the molecule is CC1CCC(CN2CCCc3c(N)cccc32)O1. The van der Waals surface area contributed by atoms with Gasteiger partial charge in [-0.25, -0.2) is 0 Å². The second-order valence-electron chi connectivity index (χ2n) is 5.54. The van der Waals surface area contributed by atoms with Gasteiger partial charge >= 0.3 is 0 Å². The summed E-state index contributed by atoms with van der Waals surface area (Å²) in [6.07, 6.45) is 5.52. The molecule has 0 aromatic heterocycles. The number of hydrogen-bond acceptors (Lipinski definition) is 3. The fraction of sp³-hybridized carbons (Fsp3) is 0.600. The summed E-state index contributed by atoms with van der Waals surface area (Å²) in [5, 5.41) is 0. The highest BCUT2D eigenvalue weighted by Crippen LogP contribution is 2.32. The summed E-state index contributed by atoms with van der Waals surface area (Å²) in [5.41, 5.74) is 9.67. The van der Waals surface area contributed by atoms with Crippen LogP contribution in [0.3, 0.4) is 0 Å². The zero-order valence-electron chi connectivity index (χ0n) is 11.1. The molecule has 2 heterocycles. The zero-order chi connectivity index (χ0) is 12.5. The molecule has 2 N–H and O–H groups in total. The van der Waals surface area contributed by atoms with Crippen molar-refractivity contribution in [3.8, 4) is 0 Å². The van der Waals surface area contributed by atoms with Gasteiger partial charge in [-0.3, -0.25) is 0 Å². The second-order valence-corrected chi connectivity index (χ2v) is 5.54. The van der Waals surface area contributed by atoms with Crippen LogP contribution < -0.4 is 10.6 Å². The van der Waals surface area contributed by atoms with Gasteiger partial charge in [0.1, 0.15) is 0 Å². The maximum Gasteiger partial charge on any atom is 0.0754 e. The van der Waals surface area contributed by atoms with E-state index in [-0.39, 0.29) is 0 Å². The Morgan fingerprint density at radius 2 is 2.28 bits per heavy atom. The molecule has 1 saturated heterocycles. The smallest absolute Gasteiger partial charge is 0.0754 e. The van der Waals surface area contributed by atoms with Crippen molar-refractivity contribution in [3.63, 3.8) is 0 Å². The molecule has 2 unspecified atom stereocenters. The monoisotopic (exact) mass is 246 g/mol. The molecule has 1 aromatic carbocycles. The van der Waals surface area contributed by atoms with E-state index in [1.54, 1.807) is 0 Å². The Labute approximate surface area is 109 Å². The Kier molecular flexibility index (Phi) is 3.16. The molecule has 2 aliphatic heterocycles. The quantitative estimate of drug-likeness (QED) is 0.815. The van der Waals surface area contributed by atoms with E-state index >= 15 is 0 Å². The molecule has 0 saturated carbocycles. The molecule has 1 aromatic rings. The average Bonchev–Trinajstić information content (AvgIpc) is 2.76. The van der Waals surface area contributed by atoms with Crippen LogP contribution in [-0.4, -0.2) is 25.3 Å². The van der Waals surface area contributed by atoms with Crippen LogP contribution in [0.25, 0.3) is 0 Å². The first kappa shape index (κ1) is 11.8. The number of nitrogens with zero attached hydrogens (tertiary/aromatic N) is 1. The van der Waals surface area contributed by atoms with Crippen LogP contribution in [0, 0.1) is 0 Å². The summed E-state index contributed by atoms with van der Waals surface area (Å²) in [4.78, 5) is 2.46. The van der Waals surface area contributed by atoms with E-state index in [2.05, 4.69) is 24.0 Å². The molecule has 0 bridgehead atoms. The van der Waals surface area contributed by atoms with E-state index < -0.39 is 0 Å². The lowest BCUT2D eigenvalue weighted by Gasteiger charge is -2.33. The molecule has 3 rings (SSSR count). The Morgan fingerprint density at radius 3 is 3.06 bits per heavy atom. The third kappa shape index (κ3) is 2.19. The summed E-state index contributed by atoms with van der Waals surface area (Å²) in [7, 11) is 0. The number of benzene rings is 1. The number of hydrogen-bond donors (Lipinski definition) is 1. The minimum absolute atomic E-state index is 0.396. The van der Waals surface area contributed by atoms with Gasteiger partial charge in [0, 0.05) is 24.5 Å². The van der Waals surface area contributed by atoms with Gasteiger partial charge in [-0.2, -0.15) is 0 Å². The van der Waals surface area contributed by atoms with Gasteiger partial charge in [0.25, 0.3) is 0 Å². The molecule has 18 heavy (non-hydrogen) atoms. The molecule has 3 nitrogen and oxygen atoms in total. The molecule has 0 spiro atoms. The molecule has 2 atom stereocenters. The highest BCUT2D eigenvalue weighted by Gasteiger charge is 2.26. The first-order chi connectivity index (χ1) is 8.74. The van der Waals surface area contributed by atoms with E-state index in [1.165, 1.54) is 30.5 Å². The van der Waals surface area contributed by atoms with Gasteiger partial charge < -0.3 is 15.4 Å². The highest BCUT2D eigenvalue weighted by atomic mass is 16.5. The van der Waals surface area contributed by atoms with E-state index in [9.17, 15) is 0 Å². The summed E-state index contributed by atoms with van der Waals surface area (Å²) in [5.74, 6) is 0. The number of ether oxygens (including phenoxy) is 1. The summed E-state index contributed by atoms with van der Waals surface area (Å²) < 4.78 is 5.94. The maximum atomic E-state index is 6.08. The standard InChI is InChI=1S/C15H22N2O/c1-11-7-8-12(18-11)10-17-9-3-4-13-14(16)5-2-6-15(13)17/h2,5-6,11-12H,3-4,7-10,16H2,1H3. The van der Waals surface area contributed by atoms with Gasteiger partial charge in [-0.15, -0.1) is 0 Å². The predicted octanol–water partition coefficient (Wildman–Crippen LogP) is 2.59. The van der Waals surface area contributed by atoms with Crippen LogP contribution in [0.5, 0.6) is 0 Å². The van der Waals surface area contributed by atoms with Crippen LogP contribution in [0.2, 0.25) is 0 Å². The van der Waals surface area contributed by atoms with E-state index in [1.807, 2.05) is 6.07 Å². The lowest BCUT2D eigenvalue weighted by Crippen LogP contribution is -2.36. The first-order valence-corrected chi connectivity index (χ1v) is 7.02. The molecule has 3 heteroatoms. The van der Waals surface area contributed by atoms with E-state index in [0.717, 1.165) is 25.2 Å². The summed E-state index contributed by atoms with van der Waals surface area (Å²) >= 11 is 0. The van der Waals surface area contributed by atoms with Crippen molar-refractivity contribution in [1.82, 2.24) is 0 Å². The van der Waals surface area contributed by atoms with Crippen LogP contribution in [0.1, 0.15) is 31.7 Å². The van der Waals surface area contributed by atoms with Crippen LogP contribution in [0.4, 0.5) is 11.4 Å². The van der Waals surface area contributed by atoms with Gasteiger partial charge in [0.2, 0.25) is 0 Å². The minimum Gasteiger partial charge on any atom is -0.398 e. The summed E-state index contributed by atoms with van der Waals surface area (Å²) in [6, 6.07) is 6.27. The normalized spacial score (nSPS) is 27.3. The van der Waals surface area contributed by atoms with Gasteiger partial charge in [0.05, 0.1) is 12.2 Å². The van der Waals surface area contributed by atoms with Crippen molar-refractivity contribution in [2.45, 2.75) is 44.8 Å². The number of nitrogens with two attached hydrogens (primary N) is 1. The highest BCUT2D eigenvalue weighted by molar-refractivity contribution is 5.66. The van der Waals surface area contributed by atoms with Crippen molar-refractivity contribution >= 4 is 11.4 Å². The Bertz CT molecular complexity index is 433. The van der Waals surface area contributed by atoms with Crippen molar-refractivity contribution in [2.24, 2.45) is 0 Å². The largest absolute Gasteiger partial charge is 0.398 e. The molecule has 0 amide bonds. The molecule has 1 fully saturated rings. The topological polar surface area (TPSA) is 38.5 Å². The molecule has 0 aliphatic carbocycles. The summed E-state index contributed by atoms with van der Waals surface area (Å²) in [6.45, 7) is 4.31. The van der Waals surface area contributed by atoms with Gasteiger partial charge in [-0.1, -0.05) is 6.07 Å². The Hall–Kier alpha value is -1.22. The lowest BCUT2D eigenvalue weighted by molar-refractivity contribution is 0.0598. The number of rotatable bonds is 2. The lowest BCUT2D eigenvalue weighted by atomic mass is 9.99. The molecular formula is C15H22N2O. The van der Waals surface area contributed by atoms with E-state index in [0.29, 0.717) is 12.2 Å². The fourth-order valence-corrected chi connectivity index (χ4v) is 3.18. The van der Waals surface area contributed by atoms with E-state index in [4.69, 9.17) is 10.5 Å². The Morgan fingerprint density at radius 1 is 1.39 bits per heavy atom.